The number of carbonyl (C=O) groups excluding carboxylic acids is 1. The summed E-state index contributed by atoms with van der Waals surface area (Å²) in [5, 5.41) is 9.50. The third-order valence-electron chi connectivity index (χ3n) is 7.14. The van der Waals surface area contributed by atoms with Crippen molar-refractivity contribution < 1.29 is 14.3 Å². The molecule has 1 saturated heterocycles. The number of hydrogen-bond acceptors (Lipinski definition) is 5. The Balaban J connectivity index is 1.40. The van der Waals surface area contributed by atoms with Crippen LogP contribution in [0.5, 0.6) is 5.75 Å². The highest BCUT2D eigenvalue weighted by Gasteiger charge is 2.31. The highest BCUT2D eigenvalue weighted by molar-refractivity contribution is 7.96. The van der Waals surface area contributed by atoms with Crippen LogP contribution < -0.4 is 15.4 Å². The second-order valence-electron chi connectivity index (χ2n) is 10.5. The molecule has 1 aliphatic rings. The molecule has 3 atom stereocenters. The second kappa shape index (κ2) is 12.1. The minimum Gasteiger partial charge on any atom is -0.497 e. The summed E-state index contributed by atoms with van der Waals surface area (Å²) in [4.78, 5) is 11.3. The van der Waals surface area contributed by atoms with Gasteiger partial charge in [0.15, 0.2) is 0 Å². The minimum atomic E-state index is -0.513. The Hall–Kier alpha value is -2.54. The molecule has 0 amide bonds. The van der Waals surface area contributed by atoms with E-state index in [1.54, 1.807) is 7.11 Å². The number of methoxy groups -OCH3 is 1. The van der Waals surface area contributed by atoms with Crippen LogP contribution in [0.4, 0.5) is 4.79 Å². The van der Waals surface area contributed by atoms with Crippen LogP contribution in [0.2, 0.25) is 0 Å². The average Bonchev–Trinajstić information content (AvgIpc) is 3.29. The lowest BCUT2D eigenvalue weighted by Crippen LogP contribution is -2.36. The van der Waals surface area contributed by atoms with E-state index in [2.05, 4.69) is 77.9 Å². The van der Waals surface area contributed by atoms with E-state index < -0.39 is 10.9 Å². The molecule has 6 heteroatoms. The van der Waals surface area contributed by atoms with E-state index in [1.807, 2.05) is 26.0 Å². The Morgan fingerprint density at radius 2 is 1.86 bits per heavy atom. The van der Waals surface area contributed by atoms with Crippen LogP contribution in [0.25, 0.3) is 10.8 Å². The van der Waals surface area contributed by atoms with Crippen LogP contribution in [-0.4, -0.2) is 43.7 Å². The third kappa shape index (κ3) is 7.25. The molecule has 0 aromatic heterocycles. The molecule has 192 valence electrons. The number of nitrogens with one attached hydrogen (secondary N) is 2. The fourth-order valence-electron chi connectivity index (χ4n) is 5.56. The molecule has 1 heterocycles. The van der Waals surface area contributed by atoms with Gasteiger partial charge in [0.05, 0.1) is 7.11 Å². The molecule has 5 nitrogen and oxygen atoms in total. The van der Waals surface area contributed by atoms with E-state index >= 15 is 0 Å². The number of thiol groups is 1. The van der Waals surface area contributed by atoms with Crippen LogP contribution in [-0.2, 0) is 11.2 Å². The molecule has 0 saturated carbocycles. The van der Waals surface area contributed by atoms with Gasteiger partial charge in [-0.1, -0.05) is 67.2 Å². The number of carbonyl (C=O) groups is 1. The van der Waals surface area contributed by atoms with E-state index in [1.165, 1.54) is 21.9 Å². The number of hydrogen-bond donors (Lipinski definition) is 3. The van der Waals surface area contributed by atoms with Crippen molar-refractivity contribution in [3.05, 3.63) is 77.9 Å². The standard InChI is InChI=1S/C30H38N2O3S/c1-30(2,35-29(33)36)17-22-16-25(32-18-22)20-31-19-24(15-21-11-13-26(34-3)14-12-21)28-10-6-8-23-7-4-5-9-27(23)28/h4-14,22,24-25,31-32H,15-20H2,1-3H3,(H,33,36)/t22-,24?,25-/m0/s1. The van der Waals surface area contributed by atoms with Gasteiger partial charge in [0.1, 0.15) is 11.4 Å². The summed E-state index contributed by atoms with van der Waals surface area (Å²) in [6, 6.07) is 24.1. The molecule has 0 spiro atoms. The molecule has 1 aliphatic heterocycles. The molecule has 3 aromatic rings. The Labute approximate surface area is 220 Å². The van der Waals surface area contributed by atoms with Crippen molar-refractivity contribution in [3.8, 4) is 5.75 Å². The van der Waals surface area contributed by atoms with Gasteiger partial charge in [0, 0.05) is 25.0 Å². The predicted octanol–water partition coefficient (Wildman–Crippen LogP) is 5.98. The van der Waals surface area contributed by atoms with Crippen molar-refractivity contribution in [2.45, 2.75) is 50.7 Å². The monoisotopic (exact) mass is 506 g/mol. The van der Waals surface area contributed by atoms with E-state index in [9.17, 15) is 4.79 Å². The molecule has 3 aromatic carbocycles. The summed E-state index contributed by atoms with van der Waals surface area (Å²) in [5.41, 5.74) is 2.19. The largest absolute Gasteiger partial charge is 0.497 e. The topological polar surface area (TPSA) is 59.6 Å². The molecule has 36 heavy (non-hydrogen) atoms. The summed E-state index contributed by atoms with van der Waals surface area (Å²) in [5.74, 6) is 1.70. The van der Waals surface area contributed by atoms with Gasteiger partial charge in [-0.3, -0.25) is 0 Å². The van der Waals surface area contributed by atoms with Gasteiger partial charge in [-0.05, 0) is 79.6 Å². The van der Waals surface area contributed by atoms with Crippen LogP contribution in [0.1, 0.15) is 43.7 Å². The molecular weight excluding hydrogens is 468 g/mol. The summed E-state index contributed by atoms with van der Waals surface area (Å²) in [7, 11) is 1.70. The van der Waals surface area contributed by atoms with Gasteiger partial charge in [-0.25, -0.2) is 4.79 Å². The average molecular weight is 507 g/mol. The molecular formula is C30H38N2O3S. The zero-order valence-corrected chi connectivity index (χ0v) is 22.4. The zero-order valence-electron chi connectivity index (χ0n) is 21.5. The lowest BCUT2D eigenvalue weighted by atomic mass is 9.88. The fraction of sp³-hybridized carbons (Fsp3) is 0.433. The maximum atomic E-state index is 11.3. The van der Waals surface area contributed by atoms with Crippen molar-refractivity contribution in [3.63, 3.8) is 0 Å². The maximum Gasteiger partial charge on any atom is 0.364 e. The van der Waals surface area contributed by atoms with Gasteiger partial charge < -0.3 is 20.1 Å². The lowest BCUT2D eigenvalue weighted by Gasteiger charge is -2.27. The van der Waals surface area contributed by atoms with Crippen LogP contribution in [0.15, 0.2) is 66.7 Å². The highest BCUT2D eigenvalue weighted by atomic mass is 32.1. The molecule has 2 N–H and O–H groups in total. The first-order valence-corrected chi connectivity index (χ1v) is 13.2. The molecule has 0 bridgehead atoms. The van der Waals surface area contributed by atoms with E-state index in [4.69, 9.17) is 9.47 Å². The van der Waals surface area contributed by atoms with Gasteiger partial charge in [-0.15, -0.1) is 0 Å². The zero-order chi connectivity index (χ0) is 25.5. The molecule has 0 radical (unpaired) electrons. The summed E-state index contributed by atoms with van der Waals surface area (Å²) in [6.45, 7) is 6.67. The van der Waals surface area contributed by atoms with Gasteiger partial charge in [0.25, 0.3) is 0 Å². The summed E-state index contributed by atoms with van der Waals surface area (Å²) < 4.78 is 10.7. The number of fused-ring (bicyclic) bond motifs is 1. The third-order valence-corrected chi connectivity index (χ3v) is 7.23. The Bertz CT molecular complexity index is 1140. The molecule has 1 fully saturated rings. The quantitative estimate of drug-likeness (QED) is 0.221. The predicted molar refractivity (Wildman–Crippen MR) is 150 cm³/mol. The van der Waals surface area contributed by atoms with Crippen LogP contribution in [0.3, 0.4) is 0 Å². The van der Waals surface area contributed by atoms with Gasteiger partial charge in [-0.2, -0.15) is 0 Å². The van der Waals surface area contributed by atoms with E-state index in [-0.39, 0.29) is 0 Å². The SMILES string of the molecule is COc1ccc(CC(CNC[C@@H]2C[C@@H](CC(C)(C)OC(=O)S)CN2)c2cccc3ccccc23)cc1. The summed E-state index contributed by atoms with van der Waals surface area (Å²) in [6.07, 6.45) is 2.85. The first-order chi connectivity index (χ1) is 17.3. The van der Waals surface area contributed by atoms with Gasteiger partial charge in [0.2, 0.25) is 0 Å². The Morgan fingerprint density at radius 3 is 2.61 bits per heavy atom. The maximum absolute atomic E-state index is 11.3. The lowest BCUT2D eigenvalue weighted by molar-refractivity contribution is 0.0399. The van der Waals surface area contributed by atoms with Crippen LogP contribution in [0, 0.1) is 5.92 Å². The fourth-order valence-corrected chi connectivity index (χ4v) is 5.81. The van der Waals surface area contributed by atoms with E-state index in [0.29, 0.717) is 17.9 Å². The van der Waals surface area contributed by atoms with Crippen LogP contribution >= 0.6 is 12.6 Å². The molecule has 4 rings (SSSR count). The second-order valence-corrected chi connectivity index (χ2v) is 10.9. The minimum absolute atomic E-state index is 0.343. The van der Waals surface area contributed by atoms with E-state index in [0.717, 1.165) is 44.6 Å². The molecule has 0 aliphatic carbocycles. The Morgan fingerprint density at radius 1 is 1.11 bits per heavy atom. The van der Waals surface area contributed by atoms with Crippen molar-refractivity contribution >= 4 is 28.7 Å². The molecule has 1 unspecified atom stereocenters. The Kier molecular flexibility index (Phi) is 8.94. The number of rotatable bonds is 11. The van der Waals surface area contributed by atoms with Crippen molar-refractivity contribution in [2.75, 3.05) is 26.7 Å². The normalized spacial score (nSPS) is 18.8. The number of benzene rings is 3. The first-order valence-electron chi connectivity index (χ1n) is 12.8. The summed E-state index contributed by atoms with van der Waals surface area (Å²) >= 11 is 3.78. The van der Waals surface area contributed by atoms with Gasteiger partial charge >= 0.3 is 5.30 Å². The van der Waals surface area contributed by atoms with Crippen molar-refractivity contribution in [2.24, 2.45) is 5.92 Å². The highest BCUT2D eigenvalue weighted by Crippen LogP contribution is 2.30. The first kappa shape index (κ1) is 26.5. The van der Waals surface area contributed by atoms with Crippen molar-refractivity contribution in [1.29, 1.82) is 0 Å². The van der Waals surface area contributed by atoms with Crippen molar-refractivity contribution in [1.82, 2.24) is 10.6 Å². The number of ether oxygens (including phenoxy) is 2. The smallest absolute Gasteiger partial charge is 0.364 e.